The number of ether oxygens (including phenoxy) is 1. The lowest BCUT2D eigenvalue weighted by molar-refractivity contribution is -0.155. The van der Waals surface area contributed by atoms with E-state index in [0.717, 1.165) is 49.9 Å². The number of esters is 1. The summed E-state index contributed by atoms with van der Waals surface area (Å²) >= 11 is 0. The average Bonchev–Trinajstić information content (AvgIpc) is 3.25. The summed E-state index contributed by atoms with van der Waals surface area (Å²) in [4.78, 5) is 24.8. The lowest BCUT2D eigenvalue weighted by Crippen LogP contribution is -2.51. The van der Waals surface area contributed by atoms with E-state index in [1.807, 2.05) is 6.08 Å². The third kappa shape index (κ3) is 6.60. The maximum absolute atomic E-state index is 12.7. The van der Waals surface area contributed by atoms with Crippen LogP contribution in [-0.2, 0) is 14.3 Å². The topological polar surface area (TPSA) is 43.4 Å². The normalized spacial score (nSPS) is 35.2. The van der Waals surface area contributed by atoms with Gasteiger partial charge in [0.2, 0.25) is 0 Å². The highest BCUT2D eigenvalue weighted by Gasteiger charge is 2.59. The van der Waals surface area contributed by atoms with Crippen molar-refractivity contribution in [3.05, 3.63) is 11.6 Å². The molecule has 0 spiro atoms. The third-order valence-corrected chi connectivity index (χ3v) is 11.9. The van der Waals surface area contributed by atoms with Crippen LogP contribution in [0.15, 0.2) is 11.6 Å². The summed E-state index contributed by atoms with van der Waals surface area (Å²) in [6.45, 7) is 9.45. The van der Waals surface area contributed by atoms with Gasteiger partial charge in [0.15, 0.2) is 5.78 Å². The SMILES string of the molecule is CCCCCCCCCCCCCC(=O)OC(C)C1CCC2C3CCC4=CC(=O)CCC4(C)C3CCC12C. The molecule has 7 unspecified atom stereocenters. The molecule has 0 radical (unpaired) electrons. The van der Waals surface area contributed by atoms with Gasteiger partial charge in [0.25, 0.3) is 0 Å². The molecule has 0 heterocycles. The second-order valence-electron chi connectivity index (χ2n) is 14.2. The van der Waals surface area contributed by atoms with E-state index in [4.69, 9.17) is 4.74 Å². The number of hydrogen-bond acceptors (Lipinski definition) is 3. The van der Waals surface area contributed by atoms with Crippen LogP contribution in [0.4, 0.5) is 0 Å². The number of unbranched alkanes of at least 4 members (excludes halogenated alkanes) is 10. The van der Waals surface area contributed by atoms with Crippen molar-refractivity contribution in [3.8, 4) is 0 Å². The van der Waals surface area contributed by atoms with Gasteiger partial charge in [-0.25, -0.2) is 0 Å². The Kier molecular flexibility index (Phi) is 10.6. The molecule has 4 rings (SSSR count). The highest BCUT2D eigenvalue weighted by Crippen LogP contribution is 2.67. The number of hydrogen-bond donors (Lipinski definition) is 0. The molecular weight excluding hydrogens is 468 g/mol. The number of allylic oxidation sites excluding steroid dienone is 1. The summed E-state index contributed by atoms with van der Waals surface area (Å²) in [7, 11) is 0. The Bertz CT molecular complexity index is 829. The van der Waals surface area contributed by atoms with Crippen LogP contribution in [0.25, 0.3) is 0 Å². The Morgan fingerprint density at radius 3 is 2.21 bits per heavy atom. The van der Waals surface area contributed by atoms with Gasteiger partial charge in [-0.1, -0.05) is 90.6 Å². The van der Waals surface area contributed by atoms with E-state index in [2.05, 4.69) is 27.7 Å². The van der Waals surface area contributed by atoms with E-state index < -0.39 is 0 Å². The van der Waals surface area contributed by atoms with Gasteiger partial charge < -0.3 is 4.74 Å². The van der Waals surface area contributed by atoms with Gasteiger partial charge in [-0.15, -0.1) is 0 Å². The fourth-order valence-electron chi connectivity index (χ4n) is 9.65. The minimum absolute atomic E-state index is 0.0287. The second kappa shape index (κ2) is 13.5. The van der Waals surface area contributed by atoms with Crippen molar-refractivity contribution in [3.63, 3.8) is 0 Å². The summed E-state index contributed by atoms with van der Waals surface area (Å²) in [5, 5.41) is 0. The summed E-state index contributed by atoms with van der Waals surface area (Å²) < 4.78 is 6.11. The predicted molar refractivity (Wildman–Crippen MR) is 157 cm³/mol. The van der Waals surface area contributed by atoms with Gasteiger partial charge >= 0.3 is 5.97 Å². The van der Waals surface area contributed by atoms with Crippen LogP contribution in [-0.4, -0.2) is 17.9 Å². The molecule has 3 heteroatoms. The van der Waals surface area contributed by atoms with E-state index in [9.17, 15) is 9.59 Å². The van der Waals surface area contributed by atoms with Crippen molar-refractivity contribution in [2.45, 2.75) is 162 Å². The molecule has 0 saturated heterocycles. The Hall–Kier alpha value is -1.12. The zero-order valence-electron chi connectivity index (χ0n) is 25.3. The molecule has 0 aliphatic heterocycles. The van der Waals surface area contributed by atoms with Gasteiger partial charge in [0.1, 0.15) is 6.10 Å². The first-order valence-electron chi connectivity index (χ1n) is 16.7. The van der Waals surface area contributed by atoms with E-state index >= 15 is 0 Å². The lowest BCUT2D eigenvalue weighted by Gasteiger charge is -2.58. The third-order valence-electron chi connectivity index (χ3n) is 11.9. The van der Waals surface area contributed by atoms with Gasteiger partial charge in [0.05, 0.1) is 0 Å². The van der Waals surface area contributed by atoms with Crippen LogP contribution < -0.4 is 0 Å². The van der Waals surface area contributed by atoms with E-state index in [-0.39, 0.29) is 17.5 Å². The number of rotatable bonds is 14. The molecule has 0 bridgehead atoms. The van der Waals surface area contributed by atoms with Crippen LogP contribution in [0.5, 0.6) is 0 Å². The first-order chi connectivity index (χ1) is 18.3. The molecule has 4 aliphatic carbocycles. The molecule has 4 aliphatic rings. The van der Waals surface area contributed by atoms with Crippen molar-refractivity contribution >= 4 is 11.8 Å². The maximum Gasteiger partial charge on any atom is 0.306 e. The highest BCUT2D eigenvalue weighted by atomic mass is 16.5. The Labute approximate surface area is 234 Å². The molecule has 216 valence electrons. The molecular formula is C35H58O3. The van der Waals surface area contributed by atoms with Crippen molar-refractivity contribution in [1.29, 1.82) is 0 Å². The van der Waals surface area contributed by atoms with Crippen molar-refractivity contribution < 1.29 is 14.3 Å². The summed E-state index contributed by atoms with van der Waals surface area (Å²) in [6, 6.07) is 0. The number of carbonyl (C=O) groups excluding carboxylic acids is 2. The first-order valence-corrected chi connectivity index (χ1v) is 16.7. The first kappa shape index (κ1) is 29.9. The maximum atomic E-state index is 12.7. The zero-order valence-corrected chi connectivity index (χ0v) is 25.3. The standard InChI is InChI=1S/C35H58O3/c1-5-6-7-8-9-10-11-12-13-14-15-16-33(37)38-26(2)30-19-20-31-29-18-17-27-25-28(36)21-23-34(27,3)32(29)22-24-35(30,31)4/h25-26,29-32H,5-24H2,1-4H3. The smallest absolute Gasteiger partial charge is 0.306 e. The zero-order chi connectivity index (χ0) is 27.2. The van der Waals surface area contributed by atoms with Crippen LogP contribution >= 0.6 is 0 Å². The van der Waals surface area contributed by atoms with Crippen LogP contribution in [0.1, 0.15) is 156 Å². The predicted octanol–water partition coefficient (Wildman–Crippen LogP) is 9.77. The molecule has 38 heavy (non-hydrogen) atoms. The molecule has 3 saturated carbocycles. The van der Waals surface area contributed by atoms with Gasteiger partial charge in [-0.05, 0) is 93.0 Å². The minimum Gasteiger partial charge on any atom is -0.462 e. The largest absolute Gasteiger partial charge is 0.462 e. The molecule has 0 aromatic heterocycles. The van der Waals surface area contributed by atoms with Crippen LogP contribution in [0, 0.1) is 34.5 Å². The van der Waals surface area contributed by atoms with Gasteiger partial charge in [-0.2, -0.15) is 0 Å². The fraction of sp³-hybridized carbons (Fsp3) is 0.886. The molecule has 3 fully saturated rings. The average molecular weight is 527 g/mol. The molecule has 0 aromatic rings. The number of carbonyl (C=O) groups is 2. The Morgan fingerprint density at radius 1 is 0.868 bits per heavy atom. The highest BCUT2D eigenvalue weighted by molar-refractivity contribution is 5.91. The Balaban J connectivity index is 1.18. The molecule has 7 atom stereocenters. The molecule has 3 nitrogen and oxygen atoms in total. The second-order valence-corrected chi connectivity index (χ2v) is 14.2. The van der Waals surface area contributed by atoms with E-state index in [1.165, 1.54) is 95.5 Å². The number of ketones is 1. The van der Waals surface area contributed by atoms with Crippen molar-refractivity contribution in [2.24, 2.45) is 34.5 Å². The minimum atomic E-state index is 0.0287. The summed E-state index contributed by atoms with van der Waals surface area (Å²) in [5.74, 6) is 3.12. The monoisotopic (exact) mass is 526 g/mol. The Morgan fingerprint density at radius 2 is 1.53 bits per heavy atom. The molecule has 0 N–H and O–H groups in total. The number of fused-ring (bicyclic) bond motifs is 5. The van der Waals surface area contributed by atoms with E-state index in [0.29, 0.717) is 23.5 Å². The molecule has 0 amide bonds. The van der Waals surface area contributed by atoms with Crippen LogP contribution in [0.2, 0.25) is 0 Å². The van der Waals surface area contributed by atoms with Gasteiger partial charge in [-0.3, -0.25) is 9.59 Å². The summed E-state index contributed by atoms with van der Waals surface area (Å²) in [5.41, 5.74) is 1.99. The van der Waals surface area contributed by atoms with Crippen molar-refractivity contribution in [2.75, 3.05) is 0 Å². The molecule has 0 aromatic carbocycles. The van der Waals surface area contributed by atoms with Gasteiger partial charge in [0, 0.05) is 18.8 Å². The summed E-state index contributed by atoms with van der Waals surface area (Å²) in [6.07, 6.45) is 26.2. The lowest BCUT2D eigenvalue weighted by atomic mass is 9.46. The fourth-order valence-corrected chi connectivity index (χ4v) is 9.65. The van der Waals surface area contributed by atoms with E-state index in [1.54, 1.807) is 0 Å². The van der Waals surface area contributed by atoms with Crippen molar-refractivity contribution in [1.82, 2.24) is 0 Å². The quantitative estimate of drug-likeness (QED) is 0.167. The van der Waals surface area contributed by atoms with Crippen LogP contribution in [0.3, 0.4) is 0 Å².